The number of alkyl halides is 1. The van der Waals surface area contributed by atoms with Crippen LogP contribution in [-0.2, 0) is 13.6 Å². The Labute approximate surface area is 262 Å². The van der Waals surface area contributed by atoms with Gasteiger partial charge in [-0.1, -0.05) is 30.3 Å². The number of amides is 2. The molecule has 0 unspecified atom stereocenters. The van der Waals surface area contributed by atoms with Gasteiger partial charge in [0.15, 0.2) is 5.82 Å². The van der Waals surface area contributed by atoms with Crippen molar-refractivity contribution in [1.82, 2.24) is 30.0 Å². The number of hydrogen-bond acceptors (Lipinski definition) is 8. The zero-order chi connectivity index (χ0) is 31.2. The van der Waals surface area contributed by atoms with E-state index in [2.05, 4.69) is 31.8 Å². The third kappa shape index (κ3) is 7.20. The average molecular weight is 609 g/mol. The zero-order valence-corrected chi connectivity index (χ0v) is 25.3. The number of piperidine rings is 1. The Balaban J connectivity index is 1.14. The minimum Gasteiger partial charge on any atom is -0.355 e. The molecule has 0 radical (unpaired) electrons. The van der Waals surface area contributed by atoms with Crippen LogP contribution in [0.5, 0.6) is 0 Å². The van der Waals surface area contributed by atoms with Gasteiger partial charge < -0.3 is 15.5 Å². The summed E-state index contributed by atoms with van der Waals surface area (Å²) in [6.07, 6.45) is 10.2. The summed E-state index contributed by atoms with van der Waals surface area (Å²) in [4.78, 5) is 31.2. The number of pyridine rings is 1. The van der Waals surface area contributed by atoms with Crippen molar-refractivity contribution in [2.75, 3.05) is 28.2 Å². The number of nitrogens with zero attached hydrogens (tertiary/aromatic N) is 8. The number of aromatic nitrogens is 5. The van der Waals surface area contributed by atoms with E-state index in [0.717, 1.165) is 42.4 Å². The van der Waals surface area contributed by atoms with Gasteiger partial charge >= 0.3 is 6.03 Å². The number of carbonyl (C=O) groups is 1. The summed E-state index contributed by atoms with van der Waals surface area (Å²) in [5.74, 6) is 1.61. The van der Waals surface area contributed by atoms with Crippen molar-refractivity contribution in [1.29, 1.82) is 5.26 Å². The average Bonchev–Trinajstić information content (AvgIpc) is 3.52. The highest BCUT2D eigenvalue weighted by Gasteiger charge is 2.31. The Hall–Kier alpha value is -5.05. The SMILES string of the molecule is Cn1cc(-c2ccc(N(C(=O)NCc3ccccc3)[C@H]3CC[C@H](Nc4ncc(C#N)c(N5CCC(F)CC5)n4)CC3)nc2)cn1. The molecule has 11 nitrogen and oxygen atoms in total. The molecule has 1 aromatic carbocycles. The Morgan fingerprint density at radius 3 is 2.44 bits per heavy atom. The van der Waals surface area contributed by atoms with Gasteiger partial charge in [-0.15, -0.1) is 0 Å². The number of nitrogens with one attached hydrogen (secondary N) is 2. The molecule has 4 heterocycles. The Morgan fingerprint density at radius 2 is 1.78 bits per heavy atom. The molecule has 0 bridgehead atoms. The molecule has 2 fully saturated rings. The van der Waals surface area contributed by atoms with Crippen molar-refractivity contribution in [3.8, 4) is 17.2 Å². The molecule has 2 aliphatic rings. The van der Waals surface area contributed by atoms with Crippen LogP contribution in [0.4, 0.5) is 26.8 Å². The molecule has 12 heteroatoms. The predicted molar refractivity (Wildman–Crippen MR) is 170 cm³/mol. The van der Waals surface area contributed by atoms with Crippen LogP contribution >= 0.6 is 0 Å². The quantitative estimate of drug-likeness (QED) is 0.279. The molecule has 45 heavy (non-hydrogen) atoms. The molecule has 6 rings (SSSR count). The lowest BCUT2D eigenvalue weighted by atomic mass is 9.90. The molecule has 232 valence electrons. The van der Waals surface area contributed by atoms with Crippen molar-refractivity contribution in [2.24, 2.45) is 7.05 Å². The van der Waals surface area contributed by atoms with Crippen LogP contribution in [0.15, 0.2) is 67.3 Å². The fourth-order valence-corrected chi connectivity index (χ4v) is 6.07. The Kier molecular flexibility index (Phi) is 9.14. The first kappa shape index (κ1) is 30.0. The third-order valence-electron chi connectivity index (χ3n) is 8.55. The molecular weight excluding hydrogens is 571 g/mol. The second kappa shape index (κ2) is 13.7. The van der Waals surface area contributed by atoms with E-state index in [-0.39, 0.29) is 18.1 Å². The topological polar surface area (TPSA) is 128 Å². The minimum absolute atomic E-state index is 0.0463. The van der Waals surface area contributed by atoms with Crippen molar-refractivity contribution < 1.29 is 9.18 Å². The fraction of sp³-hybridized carbons (Fsp3) is 0.394. The molecule has 0 spiro atoms. The normalized spacial score (nSPS) is 18.6. The summed E-state index contributed by atoms with van der Waals surface area (Å²) in [7, 11) is 1.87. The van der Waals surface area contributed by atoms with Crippen molar-refractivity contribution >= 4 is 23.6 Å². The second-order valence-electron chi connectivity index (χ2n) is 11.7. The van der Waals surface area contributed by atoms with E-state index in [9.17, 15) is 14.4 Å². The summed E-state index contributed by atoms with van der Waals surface area (Å²) in [5.41, 5.74) is 3.30. The first-order valence-electron chi connectivity index (χ1n) is 15.5. The number of urea groups is 1. The van der Waals surface area contributed by atoms with E-state index in [4.69, 9.17) is 4.98 Å². The van der Waals surface area contributed by atoms with Gasteiger partial charge in [0.05, 0.1) is 12.4 Å². The number of hydrogen-bond donors (Lipinski definition) is 2. The maximum absolute atomic E-state index is 13.7. The molecular formula is C33H37FN10O. The molecule has 2 N–H and O–H groups in total. The first-order chi connectivity index (χ1) is 22.0. The van der Waals surface area contributed by atoms with E-state index in [1.54, 1.807) is 22.0 Å². The van der Waals surface area contributed by atoms with Crippen LogP contribution in [0.2, 0.25) is 0 Å². The van der Waals surface area contributed by atoms with Crippen LogP contribution < -0.4 is 20.4 Å². The molecule has 1 saturated heterocycles. The highest BCUT2D eigenvalue weighted by molar-refractivity contribution is 5.91. The largest absolute Gasteiger partial charge is 0.355 e. The van der Waals surface area contributed by atoms with Crippen LogP contribution in [0.1, 0.15) is 49.7 Å². The van der Waals surface area contributed by atoms with E-state index >= 15 is 0 Å². The summed E-state index contributed by atoms with van der Waals surface area (Å²) in [5, 5.41) is 20.4. The van der Waals surface area contributed by atoms with E-state index in [0.29, 0.717) is 55.6 Å². The Morgan fingerprint density at radius 1 is 1.00 bits per heavy atom. The van der Waals surface area contributed by atoms with Crippen LogP contribution in [0.25, 0.3) is 11.1 Å². The molecule has 4 aromatic rings. The zero-order valence-electron chi connectivity index (χ0n) is 25.3. The van der Waals surface area contributed by atoms with Gasteiger partial charge in [0.1, 0.15) is 23.6 Å². The summed E-state index contributed by atoms with van der Waals surface area (Å²) in [6, 6.07) is 15.8. The molecule has 1 aliphatic carbocycles. The van der Waals surface area contributed by atoms with Gasteiger partial charge in [0.2, 0.25) is 5.95 Å². The van der Waals surface area contributed by atoms with Crippen LogP contribution in [-0.4, -0.2) is 62.1 Å². The molecule has 1 aliphatic heterocycles. The van der Waals surface area contributed by atoms with Crippen LogP contribution in [0.3, 0.4) is 0 Å². The maximum Gasteiger partial charge on any atom is 0.323 e. The third-order valence-corrected chi connectivity index (χ3v) is 8.55. The summed E-state index contributed by atoms with van der Waals surface area (Å²) in [6.45, 7) is 1.47. The van der Waals surface area contributed by atoms with E-state index in [1.165, 1.54) is 6.20 Å². The summed E-state index contributed by atoms with van der Waals surface area (Å²) >= 11 is 0. The lowest BCUT2D eigenvalue weighted by molar-refractivity contribution is 0.240. The van der Waals surface area contributed by atoms with Crippen molar-refractivity contribution in [3.05, 3.63) is 78.4 Å². The number of anilines is 3. The minimum atomic E-state index is -0.810. The standard InChI is InChI=1S/C33H37FN10O/c1-42-22-26(21-39-42)24-7-12-30(36-19-24)44(33(45)38-18-23-5-3-2-4-6-23)29-10-8-28(9-11-29)40-32-37-20-25(17-35)31(41-32)43-15-13-27(34)14-16-43/h2-7,12,19-22,27-29H,8-11,13-16,18H2,1H3,(H,38,45)(H,37,40,41)/t28-,29-. The second-order valence-corrected chi connectivity index (χ2v) is 11.7. The predicted octanol–water partition coefficient (Wildman–Crippen LogP) is 5.22. The van der Waals surface area contributed by atoms with E-state index in [1.807, 2.05) is 60.6 Å². The number of rotatable bonds is 8. The van der Waals surface area contributed by atoms with Gasteiger partial charge in [-0.2, -0.15) is 15.3 Å². The molecule has 3 aromatic heterocycles. The number of carbonyl (C=O) groups excluding carboxylic acids is 1. The van der Waals surface area contributed by atoms with Gasteiger partial charge in [0, 0.05) is 62.3 Å². The number of benzene rings is 1. The smallest absolute Gasteiger partial charge is 0.323 e. The first-order valence-corrected chi connectivity index (χ1v) is 15.5. The highest BCUT2D eigenvalue weighted by atomic mass is 19.1. The fourth-order valence-electron chi connectivity index (χ4n) is 6.07. The maximum atomic E-state index is 13.7. The lowest BCUT2D eigenvalue weighted by Crippen LogP contribution is -2.49. The van der Waals surface area contributed by atoms with Gasteiger partial charge in [-0.25, -0.2) is 19.2 Å². The Bertz CT molecular complexity index is 1620. The number of nitriles is 1. The van der Waals surface area contributed by atoms with Crippen molar-refractivity contribution in [2.45, 2.75) is 63.3 Å². The van der Waals surface area contributed by atoms with Gasteiger partial charge in [-0.05, 0) is 56.2 Å². The number of halogens is 1. The molecule has 1 saturated carbocycles. The molecule has 0 atom stereocenters. The van der Waals surface area contributed by atoms with Crippen molar-refractivity contribution in [3.63, 3.8) is 0 Å². The van der Waals surface area contributed by atoms with Gasteiger partial charge in [0.25, 0.3) is 0 Å². The van der Waals surface area contributed by atoms with Crippen LogP contribution in [0, 0.1) is 11.3 Å². The van der Waals surface area contributed by atoms with E-state index < -0.39 is 6.17 Å². The molecule has 2 amide bonds. The van der Waals surface area contributed by atoms with Gasteiger partial charge in [-0.3, -0.25) is 9.58 Å². The lowest BCUT2D eigenvalue weighted by Gasteiger charge is -2.36. The highest BCUT2D eigenvalue weighted by Crippen LogP contribution is 2.30. The summed E-state index contributed by atoms with van der Waals surface area (Å²) < 4.78 is 15.5. The number of aryl methyl sites for hydroxylation is 1. The monoisotopic (exact) mass is 608 g/mol.